The molecule has 26 heavy (non-hydrogen) atoms. The number of hydrogen-bond acceptors (Lipinski definition) is 5. The fourth-order valence-corrected chi connectivity index (χ4v) is 2.94. The molecule has 2 heterocycles. The zero-order valence-corrected chi connectivity index (χ0v) is 14.6. The number of ether oxygens (including phenoxy) is 1. The van der Waals surface area contributed by atoms with Gasteiger partial charge in [0.15, 0.2) is 5.69 Å². The molecule has 0 saturated carbocycles. The molecule has 0 aliphatic carbocycles. The first kappa shape index (κ1) is 18.3. The van der Waals surface area contributed by atoms with Crippen molar-refractivity contribution in [1.82, 2.24) is 19.9 Å². The second-order valence-electron chi connectivity index (χ2n) is 5.88. The van der Waals surface area contributed by atoms with Gasteiger partial charge in [-0.3, -0.25) is 9.59 Å². The Morgan fingerprint density at radius 2 is 2.23 bits per heavy atom. The predicted molar refractivity (Wildman–Crippen MR) is 89.0 cm³/mol. The van der Waals surface area contributed by atoms with Crippen LogP contribution in [0.3, 0.4) is 0 Å². The van der Waals surface area contributed by atoms with Crippen LogP contribution in [-0.4, -0.2) is 62.7 Å². The zero-order chi connectivity index (χ0) is 18.8. The molecule has 0 bridgehead atoms. The molecule has 1 atom stereocenters. The standard InChI is InChI=1S/C16H16ClFN4O4/c1-9-15(16(25)21-4-5-26-11(8-21)7-14(23)24)19-20-22(9)10-2-3-13(18)12(17)6-10/h2-3,6,11H,4-5,7-8H2,1H3,(H,23,24)/t11-/m1/s1. The lowest BCUT2D eigenvalue weighted by Gasteiger charge is -2.31. The summed E-state index contributed by atoms with van der Waals surface area (Å²) in [7, 11) is 0. The molecule has 0 unspecified atom stereocenters. The van der Waals surface area contributed by atoms with Gasteiger partial charge < -0.3 is 14.7 Å². The lowest BCUT2D eigenvalue weighted by Crippen LogP contribution is -2.46. The van der Waals surface area contributed by atoms with Gasteiger partial charge in [-0.15, -0.1) is 5.10 Å². The topological polar surface area (TPSA) is 97.6 Å². The molecule has 0 spiro atoms. The highest BCUT2D eigenvalue weighted by atomic mass is 35.5. The van der Waals surface area contributed by atoms with Crippen molar-refractivity contribution in [3.8, 4) is 5.69 Å². The fraction of sp³-hybridized carbons (Fsp3) is 0.375. The average Bonchev–Trinajstić information content (AvgIpc) is 2.98. The third kappa shape index (κ3) is 3.68. The number of carboxylic acids is 1. The summed E-state index contributed by atoms with van der Waals surface area (Å²) < 4.78 is 20.1. The van der Waals surface area contributed by atoms with E-state index in [-0.39, 0.29) is 36.2 Å². The minimum absolute atomic E-state index is 0.0602. The van der Waals surface area contributed by atoms with Crippen LogP contribution in [0.15, 0.2) is 18.2 Å². The summed E-state index contributed by atoms with van der Waals surface area (Å²) >= 11 is 5.79. The molecule has 2 aromatic rings. The maximum absolute atomic E-state index is 13.3. The summed E-state index contributed by atoms with van der Waals surface area (Å²) in [5.74, 6) is -1.90. The van der Waals surface area contributed by atoms with Crippen LogP contribution in [0.5, 0.6) is 0 Å². The molecule has 0 radical (unpaired) electrons. The van der Waals surface area contributed by atoms with Gasteiger partial charge in [0.25, 0.3) is 5.91 Å². The molecule has 8 nitrogen and oxygen atoms in total. The maximum atomic E-state index is 13.3. The van der Waals surface area contributed by atoms with Crippen molar-refractivity contribution in [3.63, 3.8) is 0 Å². The van der Waals surface area contributed by atoms with E-state index in [9.17, 15) is 14.0 Å². The molecular formula is C16H16ClFN4O4. The third-order valence-corrected chi connectivity index (χ3v) is 4.36. The van der Waals surface area contributed by atoms with Crippen molar-refractivity contribution < 1.29 is 23.8 Å². The molecule has 1 N–H and O–H groups in total. The number of carbonyl (C=O) groups excluding carboxylic acids is 1. The molecule has 1 aliphatic rings. The maximum Gasteiger partial charge on any atom is 0.306 e. The van der Waals surface area contributed by atoms with Gasteiger partial charge in [0.05, 0.1) is 35.5 Å². The van der Waals surface area contributed by atoms with E-state index in [0.717, 1.165) is 0 Å². The molecular weight excluding hydrogens is 367 g/mol. The molecule has 1 aromatic carbocycles. The largest absolute Gasteiger partial charge is 0.481 e. The van der Waals surface area contributed by atoms with E-state index in [1.807, 2.05) is 0 Å². The van der Waals surface area contributed by atoms with Crippen LogP contribution in [-0.2, 0) is 9.53 Å². The lowest BCUT2D eigenvalue weighted by atomic mass is 10.2. The van der Waals surface area contributed by atoms with Crippen molar-refractivity contribution in [2.45, 2.75) is 19.4 Å². The monoisotopic (exact) mass is 382 g/mol. The minimum Gasteiger partial charge on any atom is -0.481 e. The molecule has 1 saturated heterocycles. The average molecular weight is 383 g/mol. The summed E-state index contributed by atoms with van der Waals surface area (Å²) in [6.07, 6.45) is -0.736. The van der Waals surface area contributed by atoms with Crippen LogP contribution in [0.25, 0.3) is 5.69 Å². The molecule has 3 rings (SSSR count). The Hall–Kier alpha value is -2.52. The zero-order valence-electron chi connectivity index (χ0n) is 13.9. The second-order valence-corrected chi connectivity index (χ2v) is 6.28. The number of carboxylic acid groups (broad SMARTS) is 1. The van der Waals surface area contributed by atoms with Gasteiger partial charge in [-0.25, -0.2) is 9.07 Å². The van der Waals surface area contributed by atoms with E-state index in [4.69, 9.17) is 21.4 Å². The van der Waals surface area contributed by atoms with E-state index in [1.165, 1.54) is 27.8 Å². The van der Waals surface area contributed by atoms with Crippen molar-refractivity contribution in [3.05, 3.63) is 40.4 Å². The normalized spacial score (nSPS) is 17.3. The molecule has 10 heteroatoms. The Bertz CT molecular complexity index is 857. The molecule has 1 fully saturated rings. The van der Waals surface area contributed by atoms with Crippen LogP contribution >= 0.6 is 11.6 Å². The van der Waals surface area contributed by atoms with Gasteiger partial charge in [-0.05, 0) is 25.1 Å². The molecule has 1 amide bonds. The highest BCUT2D eigenvalue weighted by molar-refractivity contribution is 6.30. The summed E-state index contributed by atoms with van der Waals surface area (Å²) in [5.41, 5.74) is 1.09. The van der Waals surface area contributed by atoms with Crippen molar-refractivity contribution in [1.29, 1.82) is 0 Å². The Labute approximate surface area is 153 Å². The number of rotatable bonds is 4. The van der Waals surface area contributed by atoms with E-state index >= 15 is 0 Å². The fourth-order valence-electron chi connectivity index (χ4n) is 2.76. The van der Waals surface area contributed by atoms with Crippen LogP contribution < -0.4 is 0 Å². The highest BCUT2D eigenvalue weighted by Crippen LogP contribution is 2.21. The van der Waals surface area contributed by atoms with E-state index < -0.39 is 17.9 Å². The molecule has 1 aromatic heterocycles. The number of amides is 1. The predicted octanol–water partition coefficient (Wildman–Crippen LogP) is 1.68. The van der Waals surface area contributed by atoms with Crippen LogP contribution in [0, 0.1) is 12.7 Å². The number of aliphatic carboxylic acids is 1. The number of morpholine rings is 1. The summed E-state index contributed by atoms with van der Waals surface area (Å²) in [6.45, 7) is 2.42. The first-order chi connectivity index (χ1) is 12.4. The van der Waals surface area contributed by atoms with Crippen molar-refractivity contribution >= 4 is 23.5 Å². The smallest absolute Gasteiger partial charge is 0.306 e. The SMILES string of the molecule is Cc1c(C(=O)N2CCO[C@H](CC(=O)O)C2)nnn1-c1ccc(F)c(Cl)c1. The number of nitrogens with zero attached hydrogens (tertiary/aromatic N) is 4. The van der Waals surface area contributed by atoms with Gasteiger partial charge >= 0.3 is 5.97 Å². The van der Waals surface area contributed by atoms with E-state index in [0.29, 0.717) is 17.9 Å². The van der Waals surface area contributed by atoms with Crippen LogP contribution in [0.2, 0.25) is 5.02 Å². The number of halogens is 2. The van der Waals surface area contributed by atoms with Gasteiger partial charge in [-0.1, -0.05) is 16.8 Å². The van der Waals surface area contributed by atoms with E-state index in [1.54, 1.807) is 6.92 Å². The first-order valence-corrected chi connectivity index (χ1v) is 8.25. The van der Waals surface area contributed by atoms with Crippen molar-refractivity contribution in [2.24, 2.45) is 0 Å². The number of benzene rings is 1. The molecule has 1 aliphatic heterocycles. The highest BCUT2D eigenvalue weighted by Gasteiger charge is 2.29. The Morgan fingerprint density at radius 1 is 1.46 bits per heavy atom. The lowest BCUT2D eigenvalue weighted by molar-refractivity contribution is -0.141. The van der Waals surface area contributed by atoms with Crippen LogP contribution in [0.1, 0.15) is 22.6 Å². The Balaban J connectivity index is 1.81. The second kappa shape index (κ2) is 7.38. The van der Waals surface area contributed by atoms with Crippen LogP contribution in [0.4, 0.5) is 4.39 Å². The van der Waals surface area contributed by atoms with E-state index in [2.05, 4.69) is 10.3 Å². The van der Waals surface area contributed by atoms with Gasteiger partial charge in [-0.2, -0.15) is 0 Å². The third-order valence-electron chi connectivity index (χ3n) is 4.07. The Kier molecular flexibility index (Phi) is 5.19. The van der Waals surface area contributed by atoms with Gasteiger partial charge in [0.1, 0.15) is 5.82 Å². The minimum atomic E-state index is -0.986. The summed E-state index contributed by atoms with van der Waals surface area (Å²) in [6, 6.07) is 4.08. The van der Waals surface area contributed by atoms with Gasteiger partial charge in [0, 0.05) is 13.1 Å². The number of carbonyl (C=O) groups is 2. The molecule has 138 valence electrons. The summed E-state index contributed by atoms with van der Waals surface area (Å²) in [4.78, 5) is 25.1. The summed E-state index contributed by atoms with van der Waals surface area (Å²) in [5, 5.41) is 16.7. The number of aromatic nitrogens is 3. The number of hydrogen-bond donors (Lipinski definition) is 1. The first-order valence-electron chi connectivity index (χ1n) is 7.87. The van der Waals surface area contributed by atoms with Crippen molar-refractivity contribution in [2.75, 3.05) is 19.7 Å². The van der Waals surface area contributed by atoms with Gasteiger partial charge in [0.2, 0.25) is 0 Å². The quantitative estimate of drug-likeness (QED) is 0.864. The Morgan fingerprint density at radius 3 is 2.92 bits per heavy atom.